The number of hydrogen-bond acceptors (Lipinski definition) is 4. The van der Waals surface area contributed by atoms with Crippen molar-refractivity contribution >= 4 is 5.91 Å². The predicted molar refractivity (Wildman–Crippen MR) is 106 cm³/mol. The molecule has 2 aromatic rings. The number of aryl methyl sites for hydroxylation is 1. The fraction of sp³-hybridized carbons (Fsp3) is 0.545. The number of nitrogens with zero attached hydrogens (tertiary/aromatic N) is 2. The minimum Gasteiger partial charge on any atom is -0.496 e. The van der Waals surface area contributed by atoms with Gasteiger partial charge in [0.25, 0.3) is 0 Å². The lowest BCUT2D eigenvalue weighted by Gasteiger charge is -2.42. The fourth-order valence-electron chi connectivity index (χ4n) is 4.70. The zero-order chi connectivity index (χ0) is 19.7. The molecular formula is C22H29N3O3. The Morgan fingerprint density at radius 2 is 2.21 bits per heavy atom. The number of hydrogen-bond donors (Lipinski definition) is 2. The van der Waals surface area contributed by atoms with Gasteiger partial charge < -0.3 is 15.2 Å². The average molecular weight is 383 g/mol. The lowest BCUT2D eigenvalue weighted by molar-refractivity contribution is -0.131. The molecule has 0 radical (unpaired) electrons. The highest BCUT2D eigenvalue weighted by Crippen LogP contribution is 2.45. The van der Waals surface area contributed by atoms with E-state index in [2.05, 4.69) is 10.4 Å². The summed E-state index contributed by atoms with van der Waals surface area (Å²) in [6, 6.07) is 7.77. The van der Waals surface area contributed by atoms with E-state index in [0.29, 0.717) is 12.3 Å². The van der Waals surface area contributed by atoms with E-state index in [9.17, 15) is 9.90 Å². The van der Waals surface area contributed by atoms with Gasteiger partial charge in [0.2, 0.25) is 5.91 Å². The molecule has 28 heavy (non-hydrogen) atoms. The van der Waals surface area contributed by atoms with E-state index >= 15 is 0 Å². The van der Waals surface area contributed by atoms with Crippen molar-refractivity contribution in [2.24, 2.45) is 5.92 Å². The van der Waals surface area contributed by atoms with Gasteiger partial charge in [-0.2, -0.15) is 5.10 Å². The van der Waals surface area contributed by atoms with Gasteiger partial charge in [0.05, 0.1) is 24.7 Å². The smallest absolute Gasteiger partial charge is 0.230 e. The van der Waals surface area contributed by atoms with E-state index in [1.165, 1.54) is 0 Å². The molecule has 2 aliphatic rings. The van der Waals surface area contributed by atoms with Crippen molar-refractivity contribution in [3.05, 3.63) is 47.8 Å². The summed E-state index contributed by atoms with van der Waals surface area (Å²) in [5, 5.41) is 17.9. The number of nitrogens with one attached hydrogen (secondary N) is 1. The first-order valence-electron chi connectivity index (χ1n) is 10.1. The van der Waals surface area contributed by atoms with Gasteiger partial charge in [-0.25, -0.2) is 0 Å². The highest BCUT2D eigenvalue weighted by Gasteiger charge is 2.47. The molecule has 0 bridgehead atoms. The van der Waals surface area contributed by atoms with Crippen LogP contribution in [0, 0.1) is 12.8 Å². The minimum absolute atomic E-state index is 0.0356. The molecule has 0 saturated heterocycles. The molecule has 1 aromatic carbocycles. The number of benzene rings is 1. The summed E-state index contributed by atoms with van der Waals surface area (Å²) in [6.45, 7) is 2.78. The normalized spacial score (nSPS) is 25.9. The van der Waals surface area contributed by atoms with Crippen LogP contribution in [0.5, 0.6) is 5.75 Å². The molecule has 150 valence electrons. The molecule has 4 rings (SSSR count). The van der Waals surface area contributed by atoms with Crippen LogP contribution in [0.3, 0.4) is 0 Å². The molecule has 6 heteroatoms. The summed E-state index contributed by atoms with van der Waals surface area (Å²) in [6.07, 6.45) is 7.38. The number of ether oxygens (including phenoxy) is 1. The van der Waals surface area contributed by atoms with Gasteiger partial charge in [-0.3, -0.25) is 9.48 Å². The topological polar surface area (TPSA) is 76.4 Å². The summed E-state index contributed by atoms with van der Waals surface area (Å²) >= 11 is 0. The van der Waals surface area contributed by atoms with Crippen LogP contribution in [0.15, 0.2) is 36.7 Å². The molecule has 2 saturated carbocycles. The first kappa shape index (κ1) is 19.0. The Morgan fingerprint density at radius 3 is 2.86 bits per heavy atom. The molecule has 1 aromatic heterocycles. The maximum absolute atomic E-state index is 13.3. The van der Waals surface area contributed by atoms with E-state index in [-0.39, 0.29) is 11.9 Å². The molecule has 1 unspecified atom stereocenters. The number of amides is 1. The monoisotopic (exact) mass is 383 g/mol. The van der Waals surface area contributed by atoms with Crippen molar-refractivity contribution in [2.45, 2.75) is 63.1 Å². The van der Waals surface area contributed by atoms with Crippen LogP contribution in [-0.4, -0.2) is 40.0 Å². The Kier molecular flexibility index (Phi) is 5.15. The number of aromatic nitrogens is 2. The molecule has 3 atom stereocenters. The molecular weight excluding hydrogens is 354 g/mol. The van der Waals surface area contributed by atoms with Gasteiger partial charge >= 0.3 is 0 Å². The number of carbonyl (C=O) groups is 1. The second-order valence-electron chi connectivity index (χ2n) is 8.33. The van der Waals surface area contributed by atoms with Crippen molar-refractivity contribution in [1.29, 1.82) is 0 Å². The number of methoxy groups -OCH3 is 1. The number of carbonyl (C=O) groups excluding carboxylic acids is 1. The maximum atomic E-state index is 13.3. The van der Waals surface area contributed by atoms with Crippen LogP contribution < -0.4 is 10.1 Å². The van der Waals surface area contributed by atoms with Crippen molar-refractivity contribution in [3.63, 3.8) is 0 Å². The number of rotatable bonds is 6. The Balaban J connectivity index is 1.46. The summed E-state index contributed by atoms with van der Waals surface area (Å²) in [5.74, 6) is 1.17. The Labute approximate surface area is 165 Å². The average Bonchev–Trinajstić information content (AvgIpc) is 3.25. The van der Waals surface area contributed by atoms with Crippen LogP contribution in [0.2, 0.25) is 0 Å². The Bertz CT molecular complexity index is 830. The Hall–Kier alpha value is -2.34. The van der Waals surface area contributed by atoms with Gasteiger partial charge in [-0.1, -0.05) is 18.6 Å². The quantitative estimate of drug-likeness (QED) is 0.804. The van der Waals surface area contributed by atoms with Crippen LogP contribution in [0.4, 0.5) is 0 Å². The van der Waals surface area contributed by atoms with Crippen molar-refractivity contribution in [1.82, 2.24) is 15.1 Å². The molecule has 1 amide bonds. The summed E-state index contributed by atoms with van der Waals surface area (Å²) in [7, 11) is 1.66. The van der Waals surface area contributed by atoms with Crippen LogP contribution in [-0.2, 0) is 16.8 Å². The highest BCUT2D eigenvalue weighted by atomic mass is 16.5. The minimum atomic E-state index is -0.505. The van der Waals surface area contributed by atoms with Crippen molar-refractivity contribution in [3.8, 4) is 5.75 Å². The molecule has 2 aliphatic carbocycles. The second kappa shape index (κ2) is 7.59. The van der Waals surface area contributed by atoms with E-state index in [1.807, 2.05) is 42.1 Å². The SMILES string of the molecule is COc1cc(C2(C(=O)N[C@@H]3CC(Cn4cccn4)C[C@H]3O)CCC2)ccc1C. The summed E-state index contributed by atoms with van der Waals surface area (Å²) in [5.41, 5.74) is 1.58. The summed E-state index contributed by atoms with van der Waals surface area (Å²) in [4.78, 5) is 13.3. The third kappa shape index (κ3) is 3.41. The molecule has 0 spiro atoms. The number of aliphatic hydroxyl groups is 1. The zero-order valence-corrected chi connectivity index (χ0v) is 16.6. The largest absolute Gasteiger partial charge is 0.496 e. The van der Waals surface area contributed by atoms with Crippen molar-refractivity contribution in [2.75, 3.05) is 7.11 Å². The summed E-state index contributed by atoms with van der Waals surface area (Å²) < 4.78 is 7.36. The fourth-order valence-corrected chi connectivity index (χ4v) is 4.70. The van der Waals surface area contributed by atoms with Gasteiger partial charge in [-0.05, 0) is 61.8 Å². The lowest BCUT2D eigenvalue weighted by Crippen LogP contribution is -2.53. The molecule has 1 heterocycles. The van der Waals surface area contributed by atoms with E-state index in [4.69, 9.17) is 4.74 Å². The number of aliphatic hydroxyl groups excluding tert-OH is 1. The molecule has 0 aliphatic heterocycles. The lowest BCUT2D eigenvalue weighted by atomic mass is 9.63. The van der Waals surface area contributed by atoms with E-state index in [1.54, 1.807) is 13.3 Å². The van der Waals surface area contributed by atoms with Crippen molar-refractivity contribution < 1.29 is 14.6 Å². The van der Waals surface area contributed by atoms with E-state index < -0.39 is 11.5 Å². The third-order valence-electron chi connectivity index (χ3n) is 6.55. The van der Waals surface area contributed by atoms with Crippen LogP contribution in [0.25, 0.3) is 0 Å². The molecule has 6 nitrogen and oxygen atoms in total. The van der Waals surface area contributed by atoms with Gasteiger partial charge in [0.1, 0.15) is 5.75 Å². The molecule has 2 fully saturated rings. The highest BCUT2D eigenvalue weighted by molar-refractivity contribution is 5.89. The maximum Gasteiger partial charge on any atom is 0.230 e. The second-order valence-corrected chi connectivity index (χ2v) is 8.33. The standard InChI is InChI=1S/C22H29N3O3/c1-15-5-6-17(13-20(15)28-2)22(7-3-8-22)21(27)24-18-11-16(12-19(18)26)14-25-10-4-9-23-25/h4-6,9-10,13,16,18-19,26H,3,7-8,11-12,14H2,1-2H3,(H,24,27)/t16?,18-,19-/m1/s1. The first-order chi connectivity index (χ1) is 13.5. The first-order valence-corrected chi connectivity index (χ1v) is 10.1. The van der Waals surface area contributed by atoms with Crippen LogP contribution >= 0.6 is 0 Å². The van der Waals surface area contributed by atoms with Crippen LogP contribution in [0.1, 0.15) is 43.2 Å². The van der Waals surface area contributed by atoms with Gasteiger partial charge in [0.15, 0.2) is 0 Å². The van der Waals surface area contributed by atoms with E-state index in [0.717, 1.165) is 49.1 Å². The molecule has 2 N–H and O–H groups in total. The third-order valence-corrected chi connectivity index (χ3v) is 6.55. The van der Waals surface area contributed by atoms with Gasteiger partial charge in [0, 0.05) is 18.9 Å². The Morgan fingerprint density at radius 1 is 1.39 bits per heavy atom. The zero-order valence-electron chi connectivity index (χ0n) is 16.6. The predicted octanol–water partition coefficient (Wildman–Crippen LogP) is 2.58. The van der Waals surface area contributed by atoms with Gasteiger partial charge in [-0.15, -0.1) is 0 Å².